The largest absolute Gasteiger partial charge is 0.488 e. The summed E-state index contributed by atoms with van der Waals surface area (Å²) in [6.45, 7) is 22.6. The Morgan fingerprint density at radius 2 is 1.32 bits per heavy atom. The van der Waals surface area contributed by atoms with Crippen molar-refractivity contribution in [2.24, 2.45) is 11.8 Å². The summed E-state index contributed by atoms with van der Waals surface area (Å²) in [4.78, 5) is 2.58. The topological polar surface area (TPSA) is 12.5 Å². The molecule has 0 unspecified atom stereocenters. The maximum Gasteiger partial charge on any atom is 0.125 e. The van der Waals surface area contributed by atoms with Crippen LogP contribution in [-0.2, 0) is 4.74 Å². The fourth-order valence-electron chi connectivity index (χ4n) is 3.06. The quantitative estimate of drug-likeness (QED) is 0.727. The Balaban J connectivity index is 3.52. The molecule has 0 aromatic carbocycles. The molecule has 0 bridgehead atoms. The standard InChI is InChI=1S/C17H33NO/c1-11(2)14-15(12(3)4)19-17(9,10)16(7,8)18(14)13(5)6/h11-13H,1-10H3. The van der Waals surface area contributed by atoms with E-state index in [-0.39, 0.29) is 11.1 Å². The fourth-order valence-corrected chi connectivity index (χ4v) is 3.06. The van der Waals surface area contributed by atoms with Crippen LogP contribution < -0.4 is 0 Å². The van der Waals surface area contributed by atoms with Gasteiger partial charge >= 0.3 is 0 Å². The minimum Gasteiger partial charge on any atom is -0.488 e. The maximum absolute atomic E-state index is 6.44. The molecule has 0 radical (unpaired) electrons. The molecule has 2 nitrogen and oxygen atoms in total. The highest BCUT2D eigenvalue weighted by Crippen LogP contribution is 2.46. The van der Waals surface area contributed by atoms with E-state index < -0.39 is 0 Å². The van der Waals surface area contributed by atoms with Gasteiger partial charge in [-0.3, -0.25) is 0 Å². The molecular weight excluding hydrogens is 234 g/mol. The lowest BCUT2D eigenvalue weighted by Crippen LogP contribution is -2.64. The molecule has 0 spiro atoms. The van der Waals surface area contributed by atoms with Crippen LogP contribution in [0.4, 0.5) is 0 Å². The minimum atomic E-state index is -0.185. The van der Waals surface area contributed by atoms with E-state index in [0.29, 0.717) is 17.9 Å². The van der Waals surface area contributed by atoms with Crippen LogP contribution in [0.25, 0.3) is 0 Å². The first-order chi connectivity index (χ1) is 8.43. The van der Waals surface area contributed by atoms with Crippen LogP contribution in [0.15, 0.2) is 11.5 Å². The highest BCUT2D eigenvalue weighted by molar-refractivity contribution is 5.23. The second-order valence-corrected chi connectivity index (χ2v) is 7.69. The summed E-state index contributed by atoms with van der Waals surface area (Å²) >= 11 is 0. The second kappa shape index (κ2) is 5.03. The van der Waals surface area contributed by atoms with Gasteiger partial charge in [0.25, 0.3) is 0 Å². The number of hydrogen-bond donors (Lipinski definition) is 0. The van der Waals surface area contributed by atoms with Crippen LogP contribution in [0, 0.1) is 11.8 Å². The first-order valence-corrected chi connectivity index (χ1v) is 7.66. The molecule has 0 aromatic rings. The van der Waals surface area contributed by atoms with Crippen LogP contribution in [-0.4, -0.2) is 22.1 Å². The Hall–Kier alpha value is -0.660. The van der Waals surface area contributed by atoms with Gasteiger partial charge in [0, 0.05) is 12.0 Å². The van der Waals surface area contributed by atoms with Gasteiger partial charge in [0.2, 0.25) is 0 Å². The van der Waals surface area contributed by atoms with Crippen molar-refractivity contribution in [3.63, 3.8) is 0 Å². The molecule has 1 rings (SSSR count). The molecule has 0 saturated heterocycles. The van der Waals surface area contributed by atoms with Crippen molar-refractivity contribution in [3.05, 3.63) is 11.5 Å². The molecule has 0 aliphatic carbocycles. The normalized spacial score (nSPS) is 22.5. The van der Waals surface area contributed by atoms with Crippen LogP contribution in [0.3, 0.4) is 0 Å². The summed E-state index contributed by atoms with van der Waals surface area (Å²) in [5.41, 5.74) is 1.18. The van der Waals surface area contributed by atoms with Crippen molar-refractivity contribution < 1.29 is 4.74 Å². The van der Waals surface area contributed by atoms with E-state index in [1.54, 1.807) is 0 Å². The van der Waals surface area contributed by atoms with E-state index in [0.717, 1.165) is 0 Å². The van der Waals surface area contributed by atoms with Crippen molar-refractivity contribution in [3.8, 4) is 0 Å². The van der Waals surface area contributed by atoms with Gasteiger partial charge in [-0.1, -0.05) is 27.7 Å². The first kappa shape index (κ1) is 16.4. The average Bonchev–Trinajstić information content (AvgIpc) is 2.19. The molecule has 19 heavy (non-hydrogen) atoms. The number of nitrogens with zero attached hydrogens (tertiary/aromatic N) is 1. The lowest BCUT2D eigenvalue weighted by Gasteiger charge is -2.58. The zero-order valence-electron chi connectivity index (χ0n) is 14.6. The Labute approximate surface area is 120 Å². The van der Waals surface area contributed by atoms with Crippen molar-refractivity contribution in [1.29, 1.82) is 0 Å². The van der Waals surface area contributed by atoms with Crippen molar-refractivity contribution in [2.75, 3.05) is 0 Å². The molecule has 2 heteroatoms. The summed E-state index contributed by atoms with van der Waals surface area (Å²) in [6, 6.07) is 0.476. The van der Waals surface area contributed by atoms with E-state index in [9.17, 15) is 0 Å². The van der Waals surface area contributed by atoms with Gasteiger partial charge < -0.3 is 9.64 Å². The van der Waals surface area contributed by atoms with Crippen LogP contribution >= 0.6 is 0 Å². The summed E-state index contributed by atoms with van der Waals surface area (Å²) in [7, 11) is 0. The Bertz CT molecular complexity index is 361. The van der Waals surface area contributed by atoms with E-state index in [1.807, 2.05) is 0 Å². The third-order valence-corrected chi connectivity index (χ3v) is 4.54. The molecule has 1 aliphatic rings. The fraction of sp³-hybridized carbons (Fsp3) is 0.882. The maximum atomic E-state index is 6.44. The van der Waals surface area contributed by atoms with Crippen LogP contribution in [0.2, 0.25) is 0 Å². The monoisotopic (exact) mass is 267 g/mol. The van der Waals surface area contributed by atoms with E-state index in [2.05, 4.69) is 74.1 Å². The lowest BCUT2D eigenvalue weighted by atomic mass is 9.79. The summed E-state index contributed by atoms with van der Waals surface area (Å²) in [5.74, 6) is 2.08. The van der Waals surface area contributed by atoms with Crippen molar-refractivity contribution in [1.82, 2.24) is 4.90 Å². The zero-order valence-corrected chi connectivity index (χ0v) is 14.6. The van der Waals surface area contributed by atoms with Crippen LogP contribution in [0.5, 0.6) is 0 Å². The summed E-state index contributed by atoms with van der Waals surface area (Å²) in [5, 5.41) is 0. The van der Waals surface area contributed by atoms with Gasteiger partial charge in [-0.25, -0.2) is 0 Å². The number of ether oxygens (including phenoxy) is 1. The van der Waals surface area contributed by atoms with Gasteiger partial charge in [-0.2, -0.15) is 0 Å². The zero-order chi connectivity index (χ0) is 15.2. The first-order valence-electron chi connectivity index (χ1n) is 7.66. The van der Waals surface area contributed by atoms with Gasteiger partial charge in [0.1, 0.15) is 11.4 Å². The van der Waals surface area contributed by atoms with Gasteiger partial charge in [-0.15, -0.1) is 0 Å². The Morgan fingerprint density at radius 1 is 0.842 bits per heavy atom. The highest BCUT2D eigenvalue weighted by Gasteiger charge is 2.50. The molecule has 1 heterocycles. The van der Waals surface area contributed by atoms with Crippen molar-refractivity contribution in [2.45, 2.75) is 86.4 Å². The third-order valence-electron chi connectivity index (χ3n) is 4.54. The molecule has 0 aromatic heterocycles. The lowest BCUT2D eigenvalue weighted by molar-refractivity contribution is -0.128. The molecular formula is C17H33NO. The number of hydrogen-bond acceptors (Lipinski definition) is 2. The predicted molar refractivity (Wildman–Crippen MR) is 82.9 cm³/mol. The molecule has 0 amide bonds. The van der Waals surface area contributed by atoms with Gasteiger partial charge in [0.15, 0.2) is 0 Å². The van der Waals surface area contributed by atoms with E-state index >= 15 is 0 Å². The molecule has 0 saturated carbocycles. The van der Waals surface area contributed by atoms with Crippen LogP contribution in [0.1, 0.15) is 69.2 Å². The van der Waals surface area contributed by atoms with Gasteiger partial charge in [-0.05, 0) is 47.5 Å². The summed E-state index contributed by atoms with van der Waals surface area (Å²) < 4.78 is 6.44. The molecule has 0 atom stereocenters. The van der Waals surface area contributed by atoms with E-state index in [4.69, 9.17) is 4.74 Å². The molecule has 1 aliphatic heterocycles. The SMILES string of the molecule is CC(C)C1=C(C(C)C)N(C(C)C)C(C)(C)C(C)(C)O1. The smallest absolute Gasteiger partial charge is 0.125 e. The Kier molecular flexibility index (Phi) is 4.34. The Morgan fingerprint density at radius 3 is 1.63 bits per heavy atom. The summed E-state index contributed by atoms with van der Waals surface area (Å²) in [6.07, 6.45) is 0. The van der Waals surface area contributed by atoms with E-state index in [1.165, 1.54) is 11.5 Å². The third kappa shape index (κ3) is 2.64. The average molecular weight is 267 g/mol. The second-order valence-electron chi connectivity index (χ2n) is 7.69. The molecule has 0 fully saturated rings. The number of allylic oxidation sites excluding steroid dienone is 2. The predicted octanol–water partition coefficient (Wildman–Crippen LogP) is 4.81. The van der Waals surface area contributed by atoms with Gasteiger partial charge in [0.05, 0.1) is 11.2 Å². The van der Waals surface area contributed by atoms with Crippen molar-refractivity contribution >= 4 is 0 Å². The molecule has 112 valence electrons. The number of rotatable bonds is 3. The molecule has 0 N–H and O–H groups in total. The highest BCUT2D eigenvalue weighted by atomic mass is 16.5. The minimum absolute atomic E-state index is 0.0147.